The Hall–Kier alpha value is -1.86. The van der Waals surface area contributed by atoms with E-state index in [-0.39, 0.29) is 10.8 Å². The summed E-state index contributed by atoms with van der Waals surface area (Å²) < 4.78 is 33.8. The average molecular weight is 378 g/mol. The van der Waals surface area contributed by atoms with Crippen LogP contribution in [0, 0.1) is 6.92 Å². The van der Waals surface area contributed by atoms with E-state index in [2.05, 4.69) is 10.8 Å². The highest BCUT2D eigenvalue weighted by Gasteiger charge is 2.26. The minimum absolute atomic E-state index is 0.0801. The lowest BCUT2D eigenvalue weighted by molar-refractivity contribution is -0.116. The molecule has 0 atom stereocenters. The van der Waals surface area contributed by atoms with Crippen molar-refractivity contribution in [3.8, 4) is 5.75 Å². The first-order valence-electron chi connectivity index (χ1n) is 9.11. The fraction of sp³-hybridized carbons (Fsp3) is 0.526. The van der Waals surface area contributed by atoms with E-state index in [0.29, 0.717) is 36.7 Å². The third-order valence-electron chi connectivity index (χ3n) is 4.91. The van der Waals surface area contributed by atoms with Gasteiger partial charge < -0.3 is 9.64 Å². The highest BCUT2D eigenvalue weighted by atomic mass is 32.2. The molecule has 0 saturated carbocycles. The molecule has 1 aromatic rings. The van der Waals surface area contributed by atoms with Crippen LogP contribution in [-0.2, 0) is 14.8 Å². The molecule has 0 aromatic heterocycles. The zero-order valence-electron chi connectivity index (χ0n) is 15.4. The first-order chi connectivity index (χ1) is 12.4. The summed E-state index contributed by atoms with van der Waals surface area (Å²) in [7, 11) is -3.62. The zero-order chi connectivity index (χ0) is 18.7. The lowest BCUT2D eigenvalue weighted by Crippen LogP contribution is -2.36. The molecule has 1 amide bonds. The fourth-order valence-electron chi connectivity index (χ4n) is 3.52. The maximum atomic E-state index is 12.7. The van der Waals surface area contributed by atoms with Crippen LogP contribution in [0.2, 0.25) is 0 Å². The Morgan fingerprint density at radius 2 is 2.12 bits per heavy atom. The monoisotopic (exact) mass is 378 g/mol. The lowest BCUT2D eigenvalue weighted by Gasteiger charge is -2.29. The summed E-state index contributed by atoms with van der Waals surface area (Å²) in [5.41, 5.74) is 2.57. The van der Waals surface area contributed by atoms with Gasteiger partial charge in [0.1, 0.15) is 12.4 Å². The van der Waals surface area contributed by atoms with E-state index in [1.165, 1.54) is 31.4 Å². The van der Waals surface area contributed by atoms with Crippen molar-refractivity contribution < 1.29 is 17.9 Å². The Morgan fingerprint density at radius 1 is 1.31 bits per heavy atom. The predicted octanol–water partition coefficient (Wildman–Crippen LogP) is 2.91. The minimum Gasteiger partial charge on any atom is -0.489 e. The van der Waals surface area contributed by atoms with E-state index in [1.54, 1.807) is 17.9 Å². The Balaban J connectivity index is 1.77. The van der Waals surface area contributed by atoms with Crippen LogP contribution in [-0.4, -0.2) is 34.0 Å². The SMILES string of the molecule is CC(=O)N1CCOc2cc(S(=O)(=O)NCCC3=CCCCC3)c(C)cc21. The number of anilines is 1. The first-order valence-corrected chi connectivity index (χ1v) is 10.6. The number of ether oxygens (including phenoxy) is 1. The number of carbonyl (C=O) groups excluding carboxylic acids is 1. The Kier molecular flexibility index (Phi) is 5.67. The number of amides is 1. The van der Waals surface area contributed by atoms with Gasteiger partial charge in [0.15, 0.2) is 0 Å². The zero-order valence-corrected chi connectivity index (χ0v) is 16.2. The Morgan fingerprint density at radius 3 is 2.81 bits per heavy atom. The number of nitrogens with one attached hydrogen (secondary N) is 1. The van der Waals surface area contributed by atoms with Crippen LogP contribution in [0.5, 0.6) is 5.75 Å². The molecule has 1 N–H and O–H groups in total. The lowest BCUT2D eigenvalue weighted by atomic mass is 9.97. The van der Waals surface area contributed by atoms with Crippen LogP contribution in [0.1, 0.15) is 44.6 Å². The molecule has 0 fully saturated rings. The van der Waals surface area contributed by atoms with Gasteiger partial charge in [-0.1, -0.05) is 11.6 Å². The van der Waals surface area contributed by atoms with E-state index in [4.69, 9.17) is 4.74 Å². The van der Waals surface area contributed by atoms with E-state index in [0.717, 1.165) is 19.3 Å². The molecule has 1 aromatic carbocycles. The van der Waals surface area contributed by atoms with Gasteiger partial charge in [0.25, 0.3) is 0 Å². The van der Waals surface area contributed by atoms with Gasteiger partial charge >= 0.3 is 0 Å². The van der Waals surface area contributed by atoms with Gasteiger partial charge in [-0.15, -0.1) is 0 Å². The molecular weight excluding hydrogens is 352 g/mol. The number of nitrogens with zero attached hydrogens (tertiary/aromatic N) is 1. The van der Waals surface area contributed by atoms with Crippen molar-refractivity contribution in [1.82, 2.24) is 4.72 Å². The van der Waals surface area contributed by atoms with Gasteiger partial charge in [0, 0.05) is 19.5 Å². The molecule has 1 heterocycles. The largest absolute Gasteiger partial charge is 0.489 e. The molecule has 0 spiro atoms. The molecule has 2 aliphatic rings. The van der Waals surface area contributed by atoms with E-state index in [1.807, 2.05) is 0 Å². The summed E-state index contributed by atoms with van der Waals surface area (Å²) in [6.45, 7) is 4.46. The van der Waals surface area contributed by atoms with Crippen molar-refractivity contribution >= 4 is 21.6 Å². The Bertz CT molecular complexity index is 830. The van der Waals surface area contributed by atoms with Crippen molar-refractivity contribution in [1.29, 1.82) is 0 Å². The first kappa shape index (κ1) is 18.9. The number of carbonyl (C=O) groups is 1. The second-order valence-corrected chi connectivity index (χ2v) is 8.60. The van der Waals surface area contributed by atoms with Crippen molar-refractivity contribution in [2.75, 3.05) is 24.6 Å². The van der Waals surface area contributed by atoms with Crippen LogP contribution in [0.15, 0.2) is 28.7 Å². The number of allylic oxidation sites excluding steroid dienone is 1. The van der Waals surface area contributed by atoms with Gasteiger partial charge in [-0.25, -0.2) is 13.1 Å². The number of fused-ring (bicyclic) bond motifs is 1. The summed E-state index contributed by atoms with van der Waals surface area (Å²) in [6, 6.07) is 3.25. The quantitative estimate of drug-likeness (QED) is 0.800. The number of sulfonamides is 1. The topological polar surface area (TPSA) is 75.7 Å². The highest BCUT2D eigenvalue weighted by molar-refractivity contribution is 7.89. The maximum absolute atomic E-state index is 12.7. The molecule has 1 aliphatic carbocycles. The molecule has 6 nitrogen and oxygen atoms in total. The third-order valence-corrected chi connectivity index (χ3v) is 6.52. The number of aryl methyl sites for hydroxylation is 1. The van der Waals surface area contributed by atoms with Crippen LogP contribution < -0.4 is 14.4 Å². The summed E-state index contributed by atoms with van der Waals surface area (Å²) in [5.74, 6) is 0.357. The second kappa shape index (κ2) is 7.80. The molecule has 0 radical (unpaired) electrons. The average Bonchev–Trinajstić information content (AvgIpc) is 2.61. The number of hydrogen-bond acceptors (Lipinski definition) is 4. The van der Waals surface area contributed by atoms with E-state index < -0.39 is 10.0 Å². The Labute approximate surface area is 155 Å². The second-order valence-electron chi connectivity index (χ2n) is 6.86. The molecule has 26 heavy (non-hydrogen) atoms. The fourth-order valence-corrected chi connectivity index (χ4v) is 4.79. The highest BCUT2D eigenvalue weighted by Crippen LogP contribution is 2.36. The summed E-state index contributed by atoms with van der Waals surface area (Å²) >= 11 is 0. The molecule has 0 unspecified atom stereocenters. The van der Waals surface area contributed by atoms with Crippen molar-refractivity contribution in [2.24, 2.45) is 0 Å². The molecule has 0 saturated heterocycles. The summed E-state index contributed by atoms with van der Waals surface area (Å²) in [4.78, 5) is 13.6. The number of hydrogen-bond donors (Lipinski definition) is 1. The number of rotatable bonds is 5. The van der Waals surface area contributed by atoms with Crippen LogP contribution >= 0.6 is 0 Å². The summed E-state index contributed by atoms with van der Waals surface area (Å²) in [6.07, 6.45) is 7.54. The van der Waals surface area contributed by atoms with Crippen LogP contribution in [0.25, 0.3) is 0 Å². The molecule has 142 valence electrons. The van der Waals surface area contributed by atoms with Crippen LogP contribution in [0.3, 0.4) is 0 Å². The maximum Gasteiger partial charge on any atom is 0.240 e. The standard InChI is InChI=1S/C19H26N2O4S/c1-14-12-17-18(25-11-10-21(17)15(2)22)13-19(14)26(23,24)20-9-8-16-6-4-3-5-7-16/h6,12-13,20H,3-5,7-11H2,1-2H3. The van der Waals surface area contributed by atoms with E-state index in [9.17, 15) is 13.2 Å². The van der Waals surface area contributed by atoms with Gasteiger partial charge in [-0.2, -0.15) is 0 Å². The smallest absolute Gasteiger partial charge is 0.240 e. The molecule has 3 rings (SSSR count). The molecule has 0 bridgehead atoms. The van der Waals surface area contributed by atoms with Gasteiger partial charge in [0.05, 0.1) is 17.1 Å². The van der Waals surface area contributed by atoms with Gasteiger partial charge in [0.2, 0.25) is 15.9 Å². The van der Waals surface area contributed by atoms with Crippen molar-refractivity contribution in [2.45, 2.75) is 50.8 Å². The van der Waals surface area contributed by atoms with Crippen LogP contribution in [0.4, 0.5) is 5.69 Å². The summed E-state index contributed by atoms with van der Waals surface area (Å²) in [5, 5.41) is 0. The molecular formula is C19H26N2O4S. The van der Waals surface area contributed by atoms with Gasteiger partial charge in [-0.3, -0.25) is 4.79 Å². The van der Waals surface area contributed by atoms with Crippen molar-refractivity contribution in [3.05, 3.63) is 29.3 Å². The normalized spacial score (nSPS) is 17.3. The third kappa shape index (κ3) is 4.10. The minimum atomic E-state index is -3.62. The molecule has 1 aliphatic heterocycles. The van der Waals surface area contributed by atoms with E-state index >= 15 is 0 Å². The predicted molar refractivity (Wildman–Crippen MR) is 101 cm³/mol. The van der Waals surface area contributed by atoms with Crippen molar-refractivity contribution in [3.63, 3.8) is 0 Å². The number of benzene rings is 1. The molecule has 7 heteroatoms. The van der Waals surface area contributed by atoms with Gasteiger partial charge in [-0.05, 0) is 50.7 Å².